The number of aryl methyl sites for hydroxylation is 2. The molecule has 0 aliphatic heterocycles. The Labute approximate surface area is 155 Å². The minimum absolute atomic E-state index is 0.0250. The average molecular weight is 352 g/mol. The van der Waals surface area contributed by atoms with Crippen LogP contribution in [0.3, 0.4) is 0 Å². The van der Waals surface area contributed by atoms with Crippen LogP contribution in [0, 0.1) is 13.8 Å². The first-order chi connectivity index (χ1) is 12.6. The molecule has 0 radical (unpaired) electrons. The van der Waals surface area contributed by atoms with E-state index in [2.05, 4.69) is 20.6 Å². The van der Waals surface area contributed by atoms with Crippen molar-refractivity contribution < 1.29 is 4.79 Å². The summed E-state index contributed by atoms with van der Waals surface area (Å²) >= 11 is 0. The van der Waals surface area contributed by atoms with Crippen LogP contribution in [-0.4, -0.2) is 21.9 Å². The minimum Gasteiger partial charge on any atom is -0.349 e. The lowest BCUT2D eigenvalue weighted by Crippen LogP contribution is -2.35. The molecule has 1 aliphatic carbocycles. The van der Waals surface area contributed by atoms with Gasteiger partial charge in [0.1, 0.15) is 0 Å². The molecule has 0 spiro atoms. The zero-order valence-corrected chi connectivity index (χ0v) is 15.7. The minimum atomic E-state index is -0.0250. The smallest absolute Gasteiger partial charge is 0.253 e. The van der Waals surface area contributed by atoms with Crippen molar-refractivity contribution >= 4 is 17.5 Å². The quantitative estimate of drug-likeness (QED) is 0.838. The van der Waals surface area contributed by atoms with Crippen LogP contribution in [0.5, 0.6) is 0 Å². The van der Waals surface area contributed by atoms with Crippen LogP contribution in [0.25, 0.3) is 0 Å². The van der Waals surface area contributed by atoms with Crippen LogP contribution >= 0.6 is 0 Å². The highest BCUT2D eigenvalue weighted by Gasteiger charge is 2.17. The molecule has 0 bridgehead atoms. The number of para-hydroxylation sites is 1. The van der Waals surface area contributed by atoms with Crippen molar-refractivity contribution in [1.82, 2.24) is 15.3 Å². The zero-order valence-electron chi connectivity index (χ0n) is 15.7. The van der Waals surface area contributed by atoms with Gasteiger partial charge in [-0.3, -0.25) is 4.79 Å². The number of nitrogens with one attached hydrogen (secondary N) is 2. The van der Waals surface area contributed by atoms with Gasteiger partial charge in [-0.15, -0.1) is 0 Å². The van der Waals surface area contributed by atoms with E-state index in [1.54, 1.807) is 0 Å². The van der Waals surface area contributed by atoms with Crippen molar-refractivity contribution in [3.63, 3.8) is 0 Å². The molecule has 1 amide bonds. The molecule has 3 rings (SSSR count). The van der Waals surface area contributed by atoms with Crippen molar-refractivity contribution in [1.29, 1.82) is 0 Å². The number of anilines is 2. The Kier molecular flexibility index (Phi) is 6.21. The molecule has 2 aromatic rings. The van der Waals surface area contributed by atoms with Gasteiger partial charge in [-0.2, -0.15) is 0 Å². The summed E-state index contributed by atoms with van der Waals surface area (Å²) in [5.74, 6) is 0.497. The summed E-state index contributed by atoms with van der Waals surface area (Å²) < 4.78 is 0. The Morgan fingerprint density at radius 3 is 2.27 bits per heavy atom. The molecule has 1 aliphatic rings. The van der Waals surface area contributed by atoms with Crippen LogP contribution in [0.1, 0.15) is 66.7 Å². The molecule has 5 heteroatoms. The highest BCUT2D eigenvalue weighted by Crippen LogP contribution is 2.21. The normalized spacial score (nSPS) is 15.8. The van der Waals surface area contributed by atoms with Crippen LogP contribution in [0.2, 0.25) is 0 Å². The number of benzene rings is 1. The van der Waals surface area contributed by atoms with Crippen molar-refractivity contribution in [2.75, 3.05) is 5.32 Å². The molecule has 5 nitrogen and oxygen atoms in total. The molecule has 1 fully saturated rings. The van der Waals surface area contributed by atoms with E-state index < -0.39 is 0 Å². The third-order valence-electron chi connectivity index (χ3n) is 4.84. The number of rotatable bonds is 4. The number of nitrogens with zero attached hydrogens (tertiary/aromatic N) is 2. The van der Waals surface area contributed by atoms with E-state index in [0.29, 0.717) is 11.5 Å². The molecular formula is C21H28N4O. The number of aromatic nitrogens is 2. The molecule has 1 heterocycles. The lowest BCUT2D eigenvalue weighted by atomic mass is 9.96. The fraction of sp³-hybridized carbons (Fsp3) is 0.476. The van der Waals surface area contributed by atoms with Crippen LogP contribution < -0.4 is 10.6 Å². The van der Waals surface area contributed by atoms with E-state index in [1.807, 2.05) is 44.2 Å². The van der Waals surface area contributed by atoms with Crippen LogP contribution in [0.15, 0.2) is 30.3 Å². The molecule has 0 unspecified atom stereocenters. The second-order valence-corrected chi connectivity index (χ2v) is 7.16. The maximum Gasteiger partial charge on any atom is 0.253 e. The number of amides is 1. The van der Waals surface area contributed by atoms with E-state index in [-0.39, 0.29) is 11.9 Å². The van der Waals surface area contributed by atoms with Gasteiger partial charge in [-0.1, -0.05) is 44.2 Å². The first kappa shape index (κ1) is 18.4. The Bertz CT molecular complexity index is 731. The van der Waals surface area contributed by atoms with Gasteiger partial charge in [-0.25, -0.2) is 9.97 Å². The summed E-state index contributed by atoms with van der Waals surface area (Å²) in [5.41, 5.74) is 3.17. The third-order valence-corrected chi connectivity index (χ3v) is 4.84. The molecular weight excluding hydrogens is 324 g/mol. The fourth-order valence-corrected chi connectivity index (χ4v) is 3.56. The van der Waals surface area contributed by atoms with Crippen molar-refractivity contribution in [2.45, 2.75) is 64.8 Å². The van der Waals surface area contributed by atoms with E-state index in [9.17, 15) is 4.79 Å². The predicted molar refractivity (Wildman–Crippen MR) is 105 cm³/mol. The standard InChI is InChI=1S/C21H28N4O/c1-15-14-16(2)23-21(22-15)25-19-13-9-8-12-18(19)20(26)24-17-10-6-4-3-5-7-11-17/h8-9,12-14,17H,3-7,10-11H2,1-2H3,(H,24,26)(H,22,23,25). The number of hydrogen-bond acceptors (Lipinski definition) is 4. The maximum absolute atomic E-state index is 12.9. The SMILES string of the molecule is Cc1cc(C)nc(Nc2ccccc2C(=O)NC2CCCCCCC2)n1. The molecule has 1 aromatic carbocycles. The molecule has 1 aromatic heterocycles. The Balaban J connectivity index is 1.74. The van der Waals surface area contributed by atoms with Crippen molar-refractivity contribution in [3.05, 3.63) is 47.3 Å². The summed E-state index contributed by atoms with van der Waals surface area (Å²) in [5, 5.41) is 6.44. The number of hydrogen-bond donors (Lipinski definition) is 2. The van der Waals surface area contributed by atoms with Gasteiger partial charge in [-0.05, 0) is 44.9 Å². The molecule has 26 heavy (non-hydrogen) atoms. The van der Waals surface area contributed by atoms with Gasteiger partial charge in [0.25, 0.3) is 5.91 Å². The third kappa shape index (κ3) is 5.04. The topological polar surface area (TPSA) is 66.9 Å². The van der Waals surface area contributed by atoms with Crippen LogP contribution in [0.4, 0.5) is 11.6 Å². The number of carbonyl (C=O) groups is 1. The summed E-state index contributed by atoms with van der Waals surface area (Å²) in [6.45, 7) is 3.88. The van der Waals surface area contributed by atoms with Gasteiger partial charge in [0, 0.05) is 17.4 Å². The Morgan fingerprint density at radius 1 is 0.962 bits per heavy atom. The second-order valence-electron chi connectivity index (χ2n) is 7.16. The lowest BCUT2D eigenvalue weighted by Gasteiger charge is -2.21. The summed E-state index contributed by atoms with van der Waals surface area (Å²) in [7, 11) is 0. The molecule has 2 N–H and O–H groups in total. The second kappa shape index (κ2) is 8.79. The number of carbonyl (C=O) groups excluding carboxylic acids is 1. The van der Waals surface area contributed by atoms with Gasteiger partial charge in [0.15, 0.2) is 0 Å². The molecule has 0 atom stereocenters. The van der Waals surface area contributed by atoms with Gasteiger partial charge < -0.3 is 10.6 Å². The molecule has 138 valence electrons. The van der Waals surface area contributed by atoms with Crippen LogP contribution in [-0.2, 0) is 0 Å². The largest absolute Gasteiger partial charge is 0.349 e. The highest BCUT2D eigenvalue weighted by atomic mass is 16.1. The highest BCUT2D eigenvalue weighted by molar-refractivity contribution is 6.00. The first-order valence-electron chi connectivity index (χ1n) is 9.61. The van der Waals surface area contributed by atoms with E-state index in [0.717, 1.165) is 29.9 Å². The Morgan fingerprint density at radius 2 is 1.58 bits per heavy atom. The zero-order chi connectivity index (χ0) is 18.4. The maximum atomic E-state index is 12.9. The Hall–Kier alpha value is -2.43. The molecule has 0 saturated heterocycles. The first-order valence-corrected chi connectivity index (χ1v) is 9.61. The van der Waals surface area contributed by atoms with E-state index >= 15 is 0 Å². The monoisotopic (exact) mass is 352 g/mol. The van der Waals surface area contributed by atoms with E-state index in [1.165, 1.54) is 32.1 Å². The van der Waals surface area contributed by atoms with Gasteiger partial charge in [0.05, 0.1) is 11.3 Å². The summed E-state index contributed by atoms with van der Waals surface area (Å²) in [6.07, 6.45) is 8.40. The predicted octanol–water partition coefficient (Wildman–Crippen LogP) is 4.68. The lowest BCUT2D eigenvalue weighted by molar-refractivity contribution is 0.0931. The van der Waals surface area contributed by atoms with Gasteiger partial charge >= 0.3 is 0 Å². The average Bonchev–Trinajstić information content (AvgIpc) is 2.56. The fourth-order valence-electron chi connectivity index (χ4n) is 3.56. The van der Waals surface area contributed by atoms with E-state index in [4.69, 9.17) is 0 Å². The van der Waals surface area contributed by atoms with Gasteiger partial charge in [0.2, 0.25) is 5.95 Å². The van der Waals surface area contributed by atoms with Crippen molar-refractivity contribution in [2.24, 2.45) is 0 Å². The molecule has 1 saturated carbocycles. The summed E-state index contributed by atoms with van der Waals surface area (Å²) in [6, 6.07) is 9.75. The van der Waals surface area contributed by atoms with Crippen molar-refractivity contribution in [3.8, 4) is 0 Å². The summed E-state index contributed by atoms with van der Waals surface area (Å²) in [4.78, 5) is 21.7.